The van der Waals surface area contributed by atoms with Crippen molar-refractivity contribution in [2.75, 3.05) is 76.4 Å². The predicted octanol–water partition coefficient (Wildman–Crippen LogP) is 1.94. The average Bonchev–Trinajstić information content (AvgIpc) is 2.91. The fourth-order valence-electron chi connectivity index (χ4n) is 4.83. The molecule has 3 aliphatic heterocycles. The van der Waals surface area contributed by atoms with Gasteiger partial charge >= 0.3 is 59.8 Å². The Balaban J connectivity index is -0.000000349. The summed E-state index contributed by atoms with van der Waals surface area (Å²) >= 11 is 6.95. The first kappa shape index (κ1) is 57.0. The minimum absolute atomic E-state index is 0. The Morgan fingerprint density at radius 3 is 1.07 bits per heavy atom. The molecule has 3 rings (SSSR count). The fourth-order valence-corrected chi connectivity index (χ4v) is 6.47. The molecular formula is C35H64BBr2N3NaO12. The maximum absolute atomic E-state index is 12.0. The van der Waals surface area contributed by atoms with Crippen LogP contribution in [0, 0.1) is 16.2 Å². The van der Waals surface area contributed by atoms with Crippen molar-refractivity contribution in [1.29, 1.82) is 0 Å². The quantitative estimate of drug-likeness (QED) is 0.119. The molecule has 3 aliphatic rings. The molecule has 3 saturated heterocycles. The molecule has 19 heteroatoms. The SMILES string of the molecule is C.CC(C)(C)OC(=O)N1CC(CBr)(CBr)C1.CC(C)(C)OC(=O)N1CC(CO)(CO)C1.CCOC(=O)C1(C(=O)OCC)CN(C(=O)OC(C)(C)C)C1.[B].[H-].[Na+]. The van der Waals surface area contributed by atoms with Crippen molar-refractivity contribution in [3.05, 3.63) is 0 Å². The molecule has 0 aliphatic carbocycles. The summed E-state index contributed by atoms with van der Waals surface area (Å²) in [5.41, 5.74) is -3.31. The van der Waals surface area contributed by atoms with Crippen LogP contribution in [0.1, 0.15) is 85.0 Å². The van der Waals surface area contributed by atoms with Gasteiger partial charge in [0.2, 0.25) is 0 Å². The van der Waals surface area contributed by atoms with Gasteiger partial charge in [-0.3, -0.25) is 9.59 Å². The van der Waals surface area contributed by atoms with Gasteiger partial charge < -0.3 is 50.0 Å². The monoisotopic (exact) mass is 910 g/mol. The van der Waals surface area contributed by atoms with E-state index in [0.29, 0.717) is 13.1 Å². The number of rotatable bonds is 8. The van der Waals surface area contributed by atoms with Crippen LogP contribution in [0.15, 0.2) is 0 Å². The van der Waals surface area contributed by atoms with E-state index in [-0.39, 0.29) is 104 Å². The molecule has 15 nitrogen and oxygen atoms in total. The van der Waals surface area contributed by atoms with Crippen LogP contribution in [-0.2, 0) is 33.3 Å². The van der Waals surface area contributed by atoms with E-state index in [1.807, 2.05) is 20.8 Å². The second-order valence-corrected chi connectivity index (χ2v) is 17.2. The van der Waals surface area contributed by atoms with Gasteiger partial charge in [-0.15, -0.1) is 0 Å². The topological polar surface area (TPSA) is 182 Å². The zero-order valence-electron chi connectivity index (χ0n) is 34.6. The van der Waals surface area contributed by atoms with Gasteiger partial charge in [-0.25, -0.2) is 14.4 Å². The van der Waals surface area contributed by atoms with Crippen molar-refractivity contribution >= 4 is 70.5 Å². The van der Waals surface area contributed by atoms with Gasteiger partial charge in [0.15, 0.2) is 5.41 Å². The number of ether oxygens (including phenoxy) is 5. The molecule has 0 unspecified atom stereocenters. The summed E-state index contributed by atoms with van der Waals surface area (Å²) in [7, 11) is 0. The van der Waals surface area contributed by atoms with Gasteiger partial charge in [-0.05, 0) is 76.2 Å². The second-order valence-electron chi connectivity index (χ2n) is 16.1. The first-order chi connectivity index (χ1) is 23.3. The van der Waals surface area contributed by atoms with Gasteiger partial charge in [-0.1, -0.05) is 39.3 Å². The third kappa shape index (κ3) is 17.0. The Bertz CT molecular complexity index is 1130. The van der Waals surface area contributed by atoms with Crippen molar-refractivity contribution in [1.82, 2.24) is 14.7 Å². The molecule has 0 spiro atoms. The minimum atomic E-state index is -1.43. The van der Waals surface area contributed by atoms with Crippen LogP contribution in [0.25, 0.3) is 0 Å². The van der Waals surface area contributed by atoms with Crippen LogP contribution in [0.3, 0.4) is 0 Å². The Morgan fingerprint density at radius 2 is 0.852 bits per heavy atom. The van der Waals surface area contributed by atoms with E-state index in [9.17, 15) is 24.0 Å². The number of halogens is 2. The molecular weight excluding hydrogens is 848 g/mol. The van der Waals surface area contributed by atoms with E-state index < -0.39 is 45.7 Å². The number of carbonyl (C=O) groups is 5. The van der Waals surface area contributed by atoms with Crippen molar-refractivity contribution in [3.63, 3.8) is 0 Å². The van der Waals surface area contributed by atoms with Crippen molar-refractivity contribution in [3.8, 4) is 0 Å². The largest absolute Gasteiger partial charge is 1.00 e. The second kappa shape index (κ2) is 23.2. The molecule has 309 valence electrons. The average molecular weight is 913 g/mol. The first-order valence-corrected chi connectivity index (χ1v) is 19.2. The molecule has 2 N–H and O–H groups in total. The zero-order valence-corrected chi connectivity index (χ0v) is 38.8. The summed E-state index contributed by atoms with van der Waals surface area (Å²) < 4.78 is 25.5. The van der Waals surface area contributed by atoms with Crippen LogP contribution in [-0.4, -0.2) is 157 Å². The Labute approximate surface area is 364 Å². The van der Waals surface area contributed by atoms with Crippen molar-refractivity contribution in [2.45, 2.75) is 100 Å². The molecule has 0 aromatic carbocycles. The number of nitrogens with zero attached hydrogens (tertiary/aromatic N) is 3. The normalized spacial score (nSPS) is 17.4. The van der Waals surface area contributed by atoms with Crippen LogP contribution >= 0.6 is 31.9 Å². The van der Waals surface area contributed by atoms with Gasteiger partial charge in [0, 0.05) is 50.7 Å². The summed E-state index contributed by atoms with van der Waals surface area (Å²) in [6, 6.07) is 0. The number of alkyl halides is 2. The number of aliphatic hydroxyl groups excluding tert-OH is 2. The van der Waals surface area contributed by atoms with E-state index >= 15 is 0 Å². The van der Waals surface area contributed by atoms with Gasteiger partial charge in [0.05, 0.1) is 44.9 Å². The van der Waals surface area contributed by atoms with Crippen LogP contribution in [0.4, 0.5) is 14.4 Å². The van der Waals surface area contributed by atoms with E-state index in [1.54, 1.807) is 60.3 Å². The van der Waals surface area contributed by atoms with E-state index in [0.717, 1.165) is 23.7 Å². The maximum atomic E-state index is 12.0. The number of carbonyl (C=O) groups excluding carboxylic acids is 5. The molecule has 3 heterocycles. The Kier molecular flexibility index (Phi) is 24.5. The smallest absolute Gasteiger partial charge is 1.00 e. The van der Waals surface area contributed by atoms with E-state index in [2.05, 4.69) is 31.9 Å². The Hall–Kier alpha value is -1.31. The van der Waals surface area contributed by atoms with E-state index in [4.69, 9.17) is 33.9 Å². The van der Waals surface area contributed by atoms with Crippen LogP contribution in [0.5, 0.6) is 0 Å². The Morgan fingerprint density at radius 1 is 0.593 bits per heavy atom. The number of esters is 2. The van der Waals surface area contributed by atoms with Crippen molar-refractivity contribution < 1.29 is 88.9 Å². The number of amides is 3. The third-order valence-corrected chi connectivity index (χ3v) is 9.93. The first-order valence-electron chi connectivity index (χ1n) is 16.9. The summed E-state index contributed by atoms with van der Waals surface area (Å²) in [6.45, 7) is 21.8. The molecule has 3 radical (unpaired) electrons. The summed E-state index contributed by atoms with van der Waals surface area (Å²) in [4.78, 5) is 63.6. The third-order valence-electron chi connectivity index (χ3n) is 7.55. The molecule has 3 fully saturated rings. The van der Waals surface area contributed by atoms with Gasteiger partial charge in [0.25, 0.3) is 0 Å². The number of aliphatic hydroxyl groups is 2. The standard InChI is InChI=1S/C14H23NO6.C10H17Br2NO2.C10H19NO4.CH4.B.Na.H/c1-6-19-10(16)14(11(17)20-7-2)8-15(9-14)12(18)21-13(3,4)5;1-9(2,3)15-8(14)13-6-10(4-11,5-12)7-13;1-9(2,3)15-8(14)11-4-10(5-11,6-12)7-13;;;;/h6-9H2,1-5H3;4-7H2,1-3H3;12-13H,4-7H2,1-3H3;1H4;;;/q;;;;;+1;-1. The van der Waals surface area contributed by atoms with Crippen LogP contribution in [0.2, 0.25) is 0 Å². The van der Waals surface area contributed by atoms with Gasteiger partial charge in [0.1, 0.15) is 16.8 Å². The summed E-state index contributed by atoms with van der Waals surface area (Å²) in [5, 5.41) is 19.9. The zero-order chi connectivity index (χ0) is 39.6. The summed E-state index contributed by atoms with van der Waals surface area (Å²) in [6.07, 6.45) is -1.16. The molecule has 0 aromatic rings. The molecule has 0 saturated carbocycles. The number of hydrogen-bond donors (Lipinski definition) is 2. The maximum Gasteiger partial charge on any atom is 1.00 e. The minimum Gasteiger partial charge on any atom is -1.00 e. The van der Waals surface area contributed by atoms with Gasteiger partial charge in [-0.2, -0.15) is 0 Å². The molecule has 3 amide bonds. The van der Waals surface area contributed by atoms with Crippen molar-refractivity contribution in [2.24, 2.45) is 16.2 Å². The molecule has 0 aromatic heterocycles. The number of hydrogen-bond acceptors (Lipinski definition) is 12. The van der Waals surface area contributed by atoms with Crippen LogP contribution < -0.4 is 29.6 Å². The number of likely N-dealkylation sites (tertiary alicyclic amines) is 3. The van der Waals surface area contributed by atoms with E-state index in [1.165, 1.54) is 9.80 Å². The molecule has 54 heavy (non-hydrogen) atoms. The predicted molar refractivity (Wildman–Crippen MR) is 209 cm³/mol. The fraction of sp³-hybridized carbons (Fsp3) is 0.857. The molecule has 0 bridgehead atoms. The molecule has 0 atom stereocenters. The summed E-state index contributed by atoms with van der Waals surface area (Å²) in [5.74, 6) is -1.33.